The molecule has 0 spiro atoms. The summed E-state index contributed by atoms with van der Waals surface area (Å²) in [5.41, 5.74) is 2.77. The molecule has 0 amide bonds. The molecule has 1 saturated heterocycles. The molecule has 0 aromatic carbocycles. The third kappa shape index (κ3) is 5.50. The Kier molecular flexibility index (Phi) is 6.41. The number of fused-ring (bicyclic) bond motifs is 1. The largest absolute Gasteiger partial charge is 0.493 e. The fourth-order valence-electron chi connectivity index (χ4n) is 3.95. The Morgan fingerprint density at radius 2 is 2.10 bits per heavy atom. The van der Waals surface area contributed by atoms with Gasteiger partial charge in [0.05, 0.1) is 26.4 Å². The van der Waals surface area contributed by atoms with Crippen LogP contribution in [0.25, 0.3) is 11.5 Å². The van der Waals surface area contributed by atoms with Crippen molar-refractivity contribution in [1.82, 2.24) is 20.3 Å². The number of aryl methyl sites for hydroxylation is 1. The Bertz CT molecular complexity index is 911. The van der Waals surface area contributed by atoms with E-state index in [9.17, 15) is 5.11 Å². The summed E-state index contributed by atoms with van der Waals surface area (Å²) < 4.78 is 11.1. The Morgan fingerprint density at radius 3 is 2.81 bits per heavy atom. The summed E-state index contributed by atoms with van der Waals surface area (Å²) in [6.45, 7) is 8.71. The molecule has 2 aliphatic rings. The predicted octanol–water partition coefficient (Wildman–Crippen LogP) is 2.20. The molecule has 1 aliphatic carbocycles. The highest BCUT2D eigenvalue weighted by Gasteiger charge is 2.25. The van der Waals surface area contributed by atoms with Crippen LogP contribution in [0.15, 0.2) is 18.3 Å². The smallest absolute Gasteiger partial charge is 0.180 e. The van der Waals surface area contributed by atoms with Crippen molar-refractivity contribution in [3.05, 3.63) is 29.6 Å². The Labute approximate surface area is 184 Å². The molecule has 8 heteroatoms. The van der Waals surface area contributed by atoms with E-state index in [0.717, 1.165) is 49.7 Å². The van der Waals surface area contributed by atoms with E-state index < -0.39 is 6.23 Å². The second kappa shape index (κ2) is 9.06. The van der Waals surface area contributed by atoms with Crippen molar-refractivity contribution >= 4 is 5.82 Å². The van der Waals surface area contributed by atoms with Gasteiger partial charge in [0.1, 0.15) is 23.5 Å². The molecular weight excluding hydrogens is 394 g/mol. The molecule has 1 unspecified atom stereocenters. The van der Waals surface area contributed by atoms with Crippen LogP contribution in [0.3, 0.4) is 0 Å². The van der Waals surface area contributed by atoms with Gasteiger partial charge in [-0.15, -0.1) is 0 Å². The maximum atomic E-state index is 10.5. The minimum Gasteiger partial charge on any atom is -0.493 e. The van der Waals surface area contributed by atoms with Crippen LogP contribution < -0.4 is 15.0 Å². The summed E-state index contributed by atoms with van der Waals surface area (Å²) in [5.74, 6) is 2.69. The van der Waals surface area contributed by atoms with Crippen LogP contribution in [0.4, 0.5) is 5.82 Å². The second-order valence-electron chi connectivity index (χ2n) is 9.53. The van der Waals surface area contributed by atoms with Crippen molar-refractivity contribution in [3.63, 3.8) is 0 Å². The van der Waals surface area contributed by atoms with E-state index in [-0.39, 0.29) is 5.54 Å². The molecule has 3 heterocycles. The van der Waals surface area contributed by atoms with E-state index in [0.29, 0.717) is 30.6 Å². The van der Waals surface area contributed by atoms with E-state index >= 15 is 0 Å². The van der Waals surface area contributed by atoms with Gasteiger partial charge in [0.25, 0.3) is 0 Å². The standard InChI is InChI=1S/C23H33N5O3/c1-23(2,3)27-20(29)11-28(4)22-17-6-5-7-18(17)25-21(26-22)19-10-16(8-9-24-19)31-14-15-12-30-13-15/h8-10,15,20,27,29H,5-7,11-14H2,1-4H3. The quantitative estimate of drug-likeness (QED) is 0.620. The third-order valence-electron chi connectivity index (χ3n) is 5.47. The number of hydrogen-bond donors (Lipinski definition) is 2. The van der Waals surface area contributed by atoms with E-state index in [4.69, 9.17) is 19.4 Å². The maximum absolute atomic E-state index is 10.5. The summed E-state index contributed by atoms with van der Waals surface area (Å²) in [6, 6.07) is 3.76. The number of pyridine rings is 1. The second-order valence-corrected chi connectivity index (χ2v) is 9.53. The topological polar surface area (TPSA) is 92.6 Å². The number of ether oxygens (including phenoxy) is 2. The normalized spacial score (nSPS) is 17.2. The molecular formula is C23H33N5O3. The van der Waals surface area contributed by atoms with Crippen molar-refractivity contribution in [1.29, 1.82) is 0 Å². The SMILES string of the molecule is CN(CC(O)NC(C)(C)C)c1nc(-c2cc(OCC3COC3)ccn2)nc2c1CCC2. The van der Waals surface area contributed by atoms with Crippen LogP contribution in [-0.4, -0.2) is 65.2 Å². The van der Waals surface area contributed by atoms with Crippen LogP contribution in [0, 0.1) is 5.92 Å². The van der Waals surface area contributed by atoms with Crippen molar-refractivity contribution < 1.29 is 14.6 Å². The number of aliphatic hydroxyl groups is 1. The monoisotopic (exact) mass is 427 g/mol. The highest BCUT2D eigenvalue weighted by atomic mass is 16.5. The minimum atomic E-state index is -0.661. The molecule has 31 heavy (non-hydrogen) atoms. The van der Waals surface area contributed by atoms with Gasteiger partial charge >= 0.3 is 0 Å². The molecule has 0 bridgehead atoms. The van der Waals surface area contributed by atoms with Gasteiger partial charge in [-0.05, 0) is 46.1 Å². The zero-order valence-corrected chi connectivity index (χ0v) is 18.9. The van der Waals surface area contributed by atoms with Crippen molar-refractivity contribution in [2.45, 2.75) is 51.8 Å². The molecule has 2 aromatic heterocycles. The van der Waals surface area contributed by atoms with E-state index in [2.05, 4.69) is 10.3 Å². The Hall–Kier alpha value is -2.29. The zero-order chi connectivity index (χ0) is 22.0. The number of nitrogens with zero attached hydrogens (tertiary/aromatic N) is 4. The number of likely N-dealkylation sites (N-methyl/N-ethyl adjacent to an activating group) is 1. The Balaban J connectivity index is 1.55. The first-order chi connectivity index (χ1) is 14.8. The highest BCUT2D eigenvalue weighted by molar-refractivity contribution is 5.59. The van der Waals surface area contributed by atoms with Crippen molar-refractivity contribution in [3.8, 4) is 17.3 Å². The lowest BCUT2D eigenvalue weighted by molar-refractivity contribution is -0.0508. The molecule has 1 fully saturated rings. The molecule has 1 atom stereocenters. The van der Waals surface area contributed by atoms with Crippen LogP contribution >= 0.6 is 0 Å². The van der Waals surface area contributed by atoms with Crippen molar-refractivity contribution in [2.24, 2.45) is 5.92 Å². The third-order valence-corrected chi connectivity index (χ3v) is 5.47. The number of aliphatic hydroxyl groups excluding tert-OH is 1. The maximum Gasteiger partial charge on any atom is 0.180 e. The fraction of sp³-hybridized carbons (Fsp3) is 0.609. The lowest BCUT2D eigenvalue weighted by Crippen LogP contribution is -2.48. The average Bonchev–Trinajstić information content (AvgIpc) is 3.13. The van der Waals surface area contributed by atoms with Crippen LogP contribution in [0.2, 0.25) is 0 Å². The number of hydrogen-bond acceptors (Lipinski definition) is 8. The molecule has 0 saturated carbocycles. The van der Waals surface area contributed by atoms with Gasteiger partial charge < -0.3 is 19.5 Å². The first-order valence-corrected chi connectivity index (χ1v) is 11.0. The van der Waals surface area contributed by atoms with Gasteiger partial charge in [0.2, 0.25) is 0 Å². The van der Waals surface area contributed by atoms with E-state index in [1.54, 1.807) is 6.20 Å². The number of nitrogens with one attached hydrogen (secondary N) is 1. The average molecular weight is 428 g/mol. The van der Waals surface area contributed by atoms with Gasteiger partial charge in [0.15, 0.2) is 5.82 Å². The van der Waals surface area contributed by atoms with E-state index in [1.165, 1.54) is 5.56 Å². The van der Waals surface area contributed by atoms with Crippen LogP contribution in [0.5, 0.6) is 5.75 Å². The molecule has 2 aromatic rings. The highest BCUT2D eigenvalue weighted by Crippen LogP contribution is 2.31. The molecule has 2 N–H and O–H groups in total. The molecule has 1 aliphatic heterocycles. The lowest BCUT2D eigenvalue weighted by Gasteiger charge is -2.29. The first kappa shape index (κ1) is 21.9. The summed E-state index contributed by atoms with van der Waals surface area (Å²) >= 11 is 0. The number of aromatic nitrogens is 3. The van der Waals surface area contributed by atoms with Gasteiger partial charge in [0, 0.05) is 42.0 Å². The van der Waals surface area contributed by atoms with Gasteiger partial charge in [-0.3, -0.25) is 10.3 Å². The van der Waals surface area contributed by atoms with Gasteiger partial charge in [-0.25, -0.2) is 9.97 Å². The number of anilines is 1. The van der Waals surface area contributed by atoms with E-state index in [1.807, 2.05) is 44.9 Å². The summed E-state index contributed by atoms with van der Waals surface area (Å²) in [4.78, 5) is 16.2. The first-order valence-electron chi connectivity index (χ1n) is 11.0. The Morgan fingerprint density at radius 1 is 1.29 bits per heavy atom. The van der Waals surface area contributed by atoms with Gasteiger partial charge in [-0.1, -0.05) is 0 Å². The lowest BCUT2D eigenvalue weighted by atomic mass is 10.1. The number of rotatable bonds is 8. The van der Waals surface area contributed by atoms with Crippen molar-refractivity contribution in [2.75, 3.05) is 38.3 Å². The molecule has 8 nitrogen and oxygen atoms in total. The van der Waals surface area contributed by atoms with Crippen LogP contribution in [0.1, 0.15) is 38.4 Å². The summed E-state index contributed by atoms with van der Waals surface area (Å²) in [7, 11) is 1.96. The van der Waals surface area contributed by atoms with Gasteiger partial charge in [-0.2, -0.15) is 0 Å². The van der Waals surface area contributed by atoms with Crippen LogP contribution in [-0.2, 0) is 17.6 Å². The minimum absolute atomic E-state index is 0.172. The fourth-order valence-corrected chi connectivity index (χ4v) is 3.95. The molecule has 0 radical (unpaired) electrons. The summed E-state index contributed by atoms with van der Waals surface area (Å²) in [6.07, 6.45) is 4.03. The predicted molar refractivity (Wildman–Crippen MR) is 119 cm³/mol. The molecule has 4 rings (SSSR count). The zero-order valence-electron chi connectivity index (χ0n) is 18.9. The molecule has 168 valence electrons. The summed E-state index contributed by atoms with van der Waals surface area (Å²) in [5, 5.41) is 13.7.